The van der Waals surface area contributed by atoms with Gasteiger partial charge in [-0.15, -0.1) is 0 Å². The number of aromatic nitrogens is 2. The predicted molar refractivity (Wildman–Crippen MR) is 128 cm³/mol. The molecule has 166 valence electrons. The van der Waals surface area contributed by atoms with E-state index in [1.165, 1.54) is 0 Å². The number of primary amides is 1. The maximum atomic E-state index is 13.0. The number of carbonyl (C=O) groups excluding carboxylic acids is 2. The quantitative estimate of drug-likeness (QED) is 0.479. The largest absolute Gasteiger partial charge is 0.368 e. The highest BCUT2D eigenvalue weighted by atomic mass is 16.2. The second-order valence-corrected chi connectivity index (χ2v) is 8.29. The minimum Gasteiger partial charge on any atom is -0.368 e. The summed E-state index contributed by atoms with van der Waals surface area (Å²) < 4.78 is 2.00. The molecule has 0 aliphatic carbocycles. The van der Waals surface area contributed by atoms with Gasteiger partial charge >= 0.3 is 0 Å². The van der Waals surface area contributed by atoms with Crippen LogP contribution in [0, 0.1) is 0 Å². The Morgan fingerprint density at radius 2 is 1.76 bits per heavy atom. The van der Waals surface area contributed by atoms with Gasteiger partial charge in [0, 0.05) is 23.5 Å². The smallest absolute Gasteiger partial charge is 0.255 e. The molecule has 7 heteroatoms. The van der Waals surface area contributed by atoms with Crippen molar-refractivity contribution in [3.63, 3.8) is 0 Å². The number of fused-ring (bicyclic) bond motifs is 1. The average molecular weight is 440 g/mol. The molecular formula is C26H25N5O2. The van der Waals surface area contributed by atoms with Gasteiger partial charge in [0.2, 0.25) is 5.91 Å². The molecule has 1 fully saturated rings. The minimum absolute atomic E-state index is 0.183. The zero-order valence-electron chi connectivity index (χ0n) is 18.1. The van der Waals surface area contributed by atoms with E-state index in [1.54, 1.807) is 6.33 Å². The summed E-state index contributed by atoms with van der Waals surface area (Å²) in [6.07, 6.45) is 3.51. The van der Waals surface area contributed by atoms with E-state index < -0.39 is 0 Å². The molecule has 2 heterocycles. The van der Waals surface area contributed by atoms with Crippen molar-refractivity contribution in [2.75, 3.05) is 11.9 Å². The fraction of sp³-hybridized carbons (Fsp3) is 0.192. The van der Waals surface area contributed by atoms with Gasteiger partial charge in [-0.2, -0.15) is 0 Å². The van der Waals surface area contributed by atoms with Crippen LogP contribution in [0.4, 0.5) is 5.69 Å². The number of hydrogen-bond donors (Lipinski definition) is 2. The number of benzene rings is 3. The third-order valence-corrected chi connectivity index (χ3v) is 6.19. The Hall–Kier alpha value is -3.97. The van der Waals surface area contributed by atoms with Crippen LogP contribution in [0.1, 0.15) is 28.8 Å². The number of likely N-dealkylation sites (tertiary alicyclic amines) is 1. The summed E-state index contributed by atoms with van der Waals surface area (Å²) in [6, 6.07) is 22.8. The van der Waals surface area contributed by atoms with Crippen molar-refractivity contribution >= 4 is 28.5 Å². The number of hydrogen-bond acceptors (Lipinski definition) is 4. The number of anilines is 1. The number of carbonyl (C=O) groups is 2. The highest BCUT2D eigenvalue weighted by molar-refractivity contribution is 6.04. The van der Waals surface area contributed by atoms with Crippen LogP contribution >= 0.6 is 0 Å². The molecule has 2 amide bonds. The van der Waals surface area contributed by atoms with Crippen molar-refractivity contribution in [2.24, 2.45) is 5.73 Å². The Bertz CT molecular complexity index is 1310. The van der Waals surface area contributed by atoms with Gasteiger partial charge in [0.15, 0.2) is 0 Å². The molecule has 3 N–H and O–H groups in total. The minimum atomic E-state index is -0.292. The molecule has 1 aliphatic heterocycles. The third-order valence-electron chi connectivity index (χ3n) is 6.19. The monoisotopic (exact) mass is 439 g/mol. The number of amides is 2. The molecule has 7 nitrogen and oxygen atoms in total. The van der Waals surface area contributed by atoms with E-state index in [2.05, 4.69) is 15.2 Å². The Labute approximate surface area is 191 Å². The van der Waals surface area contributed by atoms with E-state index >= 15 is 0 Å². The zero-order valence-corrected chi connectivity index (χ0v) is 18.1. The van der Waals surface area contributed by atoms with Gasteiger partial charge in [-0.3, -0.25) is 19.1 Å². The lowest BCUT2D eigenvalue weighted by molar-refractivity contribution is -0.122. The number of para-hydroxylation sites is 3. The highest BCUT2D eigenvalue weighted by Gasteiger charge is 2.29. The van der Waals surface area contributed by atoms with Crippen molar-refractivity contribution in [1.82, 2.24) is 14.5 Å². The van der Waals surface area contributed by atoms with E-state index in [-0.39, 0.29) is 17.9 Å². The van der Waals surface area contributed by atoms with Crippen molar-refractivity contribution < 1.29 is 9.59 Å². The number of nitrogens with zero attached hydrogens (tertiary/aromatic N) is 3. The zero-order chi connectivity index (χ0) is 22.8. The normalized spacial score (nSPS) is 16.2. The number of nitrogens with two attached hydrogens (primary N) is 1. The lowest BCUT2D eigenvalue weighted by Gasteiger charge is -2.23. The van der Waals surface area contributed by atoms with Crippen LogP contribution in [0.15, 0.2) is 79.1 Å². The summed E-state index contributed by atoms with van der Waals surface area (Å²) in [7, 11) is 0. The summed E-state index contributed by atoms with van der Waals surface area (Å²) in [5.74, 6) is -0.475. The molecule has 0 saturated carbocycles. The summed E-state index contributed by atoms with van der Waals surface area (Å²) in [6.45, 7) is 1.39. The first-order valence-corrected chi connectivity index (χ1v) is 11.1. The van der Waals surface area contributed by atoms with Gasteiger partial charge in [0.05, 0.1) is 17.1 Å². The third kappa shape index (κ3) is 4.23. The Morgan fingerprint density at radius 1 is 1.00 bits per heavy atom. The van der Waals surface area contributed by atoms with Crippen LogP contribution in [-0.2, 0) is 11.3 Å². The lowest BCUT2D eigenvalue weighted by Crippen LogP contribution is -2.39. The summed E-state index contributed by atoms with van der Waals surface area (Å²) >= 11 is 0. The Morgan fingerprint density at radius 3 is 2.58 bits per heavy atom. The molecule has 33 heavy (non-hydrogen) atoms. The molecule has 5 rings (SSSR count). The molecule has 1 unspecified atom stereocenters. The van der Waals surface area contributed by atoms with Gasteiger partial charge in [-0.05, 0) is 67.4 Å². The van der Waals surface area contributed by atoms with Crippen LogP contribution < -0.4 is 11.1 Å². The molecule has 3 aromatic carbocycles. The molecule has 4 aromatic rings. The second kappa shape index (κ2) is 8.88. The molecule has 0 bridgehead atoms. The van der Waals surface area contributed by atoms with Gasteiger partial charge in [-0.25, -0.2) is 4.98 Å². The van der Waals surface area contributed by atoms with Gasteiger partial charge in [0.25, 0.3) is 5.91 Å². The van der Waals surface area contributed by atoms with Crippen molar-refractivity contribution in [3.8, 4) is 5.69 Å². The van der Waals surface area contributed by atoms with E-state index in [0.717, 1.165) is 47.4 Å². The maximum absolute atomic E-state index is 13.0. The van der Waals surface area contributed by atoms with Crippen molar-refractivity contribution in [1.29, 1.82) is 0 Å². The van der Waals surface area contributed by atoms with Crippen LogP contribution in [0.3, 0.4) is 0 Å². The van der Waals surface area contributed by atoms with E-state index in [1.807, 2.05) is 77.4 Å². The Kier molecular flexibility index (Phi) is 5.62. The van der Waals surface area contributed by atoms with Crippen LogP contribution in [-0.4, -0.2) is 38.9 Å². The first kappa shape index (κ1) is 20.9. The molecule has 1 saturated heterocycles. The molecule has 1 atom stereocenters. The molecule has 1 aromatic heterocycles. The second-order valence-electron chi connectivity index (χ2n) is 8.29. The fourth-order valence-electron chi connectivity index (χ4n) is 4.47. The molecule has 0 spiro atoms. The lowest BCUT2D eigenvalue weighted by atomic mass is 10.1. The molecular weight excluding hydrogens is 414 g/mol. The first-order chi connectivity index (χ1) is 16.1. The van der Waals surface area contributed by atoms with Crippen LogP contribution in [0.2, 0.25) is 0 Å². The Balaban J connectivity index is 1.33. The standard InChI is InChI=1S/C26H25N5O2/c27-25(32)24-10-5-15-30(24)16-19-6-1-2-7-21(19)29-26(33)18-11-13-20(14-12-18)31-17-28-22-8-3-4-9-23(22)31/h1-4,6-9,11-14,17,24H,5,10,15-16H2,(H2,27,32)(H,29,33). The maximum Gasteiger partial charge on any atom is 0.255 e. The average Bonchev–Trinajstić information content (AvgIpc) is 3.48. The van der Waals surface area contributed by atoms with Gasteiger partial charge in [-0.1, -0.05) is 30.3 Å². The van der Waals surface area contributed by atoms with Gasteiger partial charge in [0.1, 0.15) is 6.33 Å². The predicted octanol–water partition coefficient (Wildman–Crippen LogP) is 3.73. The summed E-state index contributed by atoms with van der Waals surface area (Å²) in [5.41, 5.74) is 10.7. The van der Waals surface area contributed by atoms with Crippen molar-refractivity contribution in [2.45, 2.75) is 25.4 Å². The van der Waals surface area contributed by atoms with Crippen molar-refractivity contribution in [3.05, 3.63) is 90.3 Å². The molecule has 1 aliphatic rings. The highest BCUT2D eigenvalue weighted by Crippen LogP contribution is 2.24. The van der Waals surface area contributed by atoms with E-state index in [0.29, 0.717) is 12.1 Å². The number of nitrogens with one attached hydrogen (secondary N) is 1. The van der Waals surface area contributed by atoms with Gasteiger partial charge < -0.3 is 11.1 Å². The summed E-state index contributed by atoms with van der Waals surface area (Å²) in [4.78, 5) is 31.2. The van der Waals surface area contributed by atoms with Crippen LogP contribution in [0.25, 0.3) is 16.7 Å². The number of rotatable bonds is 6. The summed E-state index contributed by atoms with van der Waals surface area (Å²) in [5, 5.41) is 3.03. The number of imidazole rings is 1. The first-order valence-electron chi connectivity index (χ1n) is 11.1. The van der Waals surface area contributed by atoms with E-state index in [4.69, 9.17) is 5.73 Å². The molecule has 0 radical (unpaired) electrons. The van der Waals surface area contributed by atoms with Crippen LogP contribution in [0.5, 0.6) is 0 Å². The van der Waals surface area contributed by atoms with E-state index in [9.17, 15) is 9.59 Å². The fourth-order valence-corrected chi connectivity index (χ4v) is 4.47. The topological polar surface area (TPSA) is 93.3 Å². The SMILES string of the molecule is NC(=O)C1CCCN1Cc1ccccc1NC(=O)c1ccc(-n2cnc3ccccc32)cc1.